The Morgan fingerprint density at radius 1 is 1.42 bits per heavy atom. The first kappa shape index (κ1) is 13.9. The largest absolute Gasteiger partial charge is 0.428 e. The summed E-state index contributed by atoms with van der Waals surface area (Å²) in [6.45, 7) is 2.40. The van der Waals surface area contributed by atoms with Gasteiger partial charge in [0.15, 0.2) is 23.0 Å². The van der Waals surface area contributed by atoms with Crippen molar-refractivity contribution in [3.05, 3.63) is 47.3 Å². The third-order valence-corrected chi connectivity index (χ3v) is 3.27. The van der Waals surface area contributed by atoms with E-state index in [1.807, 2.05) is 20.2 Å². The van der Waals surface area contributed by atoms with Crippen LogP contribution in [0.1, 0.15) is 21.6 Å². The van der Waals surface area contributed by atoms with Crippen molar-refractivity contribution in [3.8, 4) is 5.75 Å². The van der Waals surface area contributed by atoms with E-state index in [0.29, 0.717) is 12.1 Å². The van der Waals surface area contributed by atoms with Gasteiger partial charge >= 0.3 is 0 Å². The van der Waals surface area contributed by atoms with Gasteiger partial charge < -0.3 is 8.38 Å². The number of amides is 1. The average Bonchev–Trinajstić information content (AvgIpc) is 2.74. The monoisotopic (exact) mass is 371 g/mol. The van der Waals surface area contributed by atoms with Crippen LogP contribution in [0.25, 0.3) is 0 Å². The Labute approximate surface area is 125 Å². The van der Waals surface area contributed by atoms with E-state index >= 15 is 0 Å². The summed E-state index contributed by atoms with van der Waals surface area (Å²) in [6.07, 6.45) is 1.91. The molecule has 0 aliphatic carbocycles. The minimum Gasteiger partial charge on any atom is -0.428 e. The summed E-state index contributed by atoms with van der Waals surface area (Å²) in [4.78, 5) is 12.0. The Hall–Kier alpha value is -1.57. The topological polar surface area (TPSA) is 56.2 Å². The van der Waals surface area contributed by atoms with Crippen LogP contribution in [0.2, 0.25) is 0 Å². The van der Waals surface area contributed by atoms with Crippen LogP contribution in [0.15, 0.2) is 30.5 Å². The van der Waals surface area contributed by atoms with Crippen molar-refractivity contribution in [3.63, 3.8) is 0 Å². The number of benzene rings is 1. The zero-order chi connectivity index (χ0) is 13.8. The number of aromatic nitrogens is 2. The second-order valence-electron chi connectivity index (χ2n) is 4.20. The fraction of sp³-hybridized carbons (Fsp3) is 0.231. The zero-order valence-electron chi connectivity index (χ0n) is 10.7. The van der Waals surface area contributed by atoms with Crippen LogP contribution in [-0.4, -0.2) is 15.7 Å². The lowest BCUT2D eigenvalue weighted by Crippen LogP contribution is -2.22. The Morgan fingerprint density at radius 2 is 2.11 bits per heavy atom. The molecule has 0 fully saturated rings. The number of hydrogen-bond acceptors (Lipinski definition) is 3. The first-order valence-corrected chi connectivity index (χ1v) is 6.64. The fourth-order valence-electron chi connectivity index (χ4n) is 1.76. The quantitative estimate of drug-likeness (QED) is 0.840. The molecular weight excluding hydrogens is 357 g/mol. The molecule has 0 aliphatic rings. The Kier molecular flexibility index (Phi) is 4.41. The number of nitrogens with one attached hydrogen (secondary N) is 1. The highest BCUT2D eigenvalue weighted by Crippen LogP contribution is 2.14. The molecule has 0 spiro atoms. The lowest BCUT2D eigenvalue weighted by molar-refractivity contribution is 0.0951. The molecule has 2 aromatic rings. The van der Waals surface area contributed by atoms with Gasteiger partial charge in [0.25, 0.3) is 5.91 Å². The highest BCUT2D eigenvalue weighted by atomic mass is 127. The van der Waals surface area contributed by atoms with Crippen LogP contribution in [-0.2, 0) is 13.6 Å². The zero-order valence-corrected chi connectivity index (χ0v) is 12.8. The van der Waals surface area contributed by atoms with Gasteiger partial charge in [0.2, 0.25) is 0 Å². The molecule has 100 valence electrons. The molecule has 5 nitrogen and oxygen atoms in total. The molecule has 0 atom stereocenters. The van der Waals surface area contributed by atoms with E-state index in [1.165, 1.54) is 0 Å². The summed E-state index contributed by atoms with van der Waals surface area (Å²) in [5, 5.41) is 7.10. The van der Waals surface area contributed by atoms with Crippen molar-refractivity contribution >= 4 is 28.9 Å². The number of halogens is 1. The number of aryl methyl sites for hydroxylation is 2. The van der Waals surface area contributed by atoms with Gasteiger partial charge in [0, 0.05) is 30.9 Å². The van der Waals surface area contributed by atoms with E-state index < -0.39 is 0 Å². The molecule has 0 saturated heterocycles. The smallest absolute Gasteiger partial charge is 0.251 e. The molecule has 1 aromatic heterocycles. The SMILES string of the molecule is Cc1nn(C)cc1CNC(=O)c1ccc(OI)cc1. The fourth-order valence-corrected chi connectivity index (χ4v) is 2.05. The molecule has 1 amide bonds. The normalized spacial score (nSPS) is 10.3. The number of carbonyl (C=O) groups excluding carboxylic acids is 1. The van der Waals surface area contributed by atoms with Crippen LogP contribution in [0.3, 0.4) is 0 Å². The average molecular weight is 371 g/mol. The Balaban J connectivity index is 1.99. The molecule has 2 rings (SSSR count). The predicted octanol–water partition coefficient (Wildman–Crippen LogP) is 2.39. The molecule has 0 aliphatic heterocycles. The lowest BCUT2D eigenvalue weighted by atomic mass is 10.2. The minimum absolute atomic E-state index is 0.108. The van der Waals surface area contributed by atoms with Crippen molar-refractivity contribution in [2.75, 3.05) is 0 Å². The molecule has 0 unspecified atom stereocenters. The van der Waals surface area contributed by atoms with Gasteiger partial charge in [-0.3, -0.25) is 9.48 Å². The first-order valence-electron chi connectivity index (χ1n) is 5.76. The molecule has 0 bridgehead atoms. The van der Waals surface area contributed by atoms with Gasteiger partial charge in [-0.05, 0) is 31.2 Å². The van der Waals surface area contributed by atoms with Crippen LogP contribution in [0.5, 0.6) is 5.75 Å². The van der Waals surface area contributed by atoms with Crippen molar-refractivity contribution < 1.29 is 7.86 Å². The summed E-state index contributed by atoms with van der Waals surface area (Å²) in [5.74, 6) is 0.614. The summed E-state index contributed by atoms with van der Waals surface area (Å²) in [6, 6.07) is 6.99. The number of rotatable bonds is 4. The second kappa shape index (κ2) is 6.05. The molecule has 1 aromatic carbocycles. The van der Waals surface area contributed by atoms with E-state index in [9.17, 15) is 4.79 Å². The molecule has 19 heavy (non-hydrogen) atoms. The lowest BCUT2D eigenvalue weighted by Gasteiger charge is -2.05. The van der Waals surface area contributed by atoms with Crippen LogP contribution in [0.4, 0.5) is 0 Å². The number of hydrogen-bond donors (Lipinski definition) is 1. The van der Waals surface area contributed by atoms with Gasteiger partial charge in [-0.2, -0.15) is 5.10 Å². The van der Waals surface area contributed by atoms with E-state index in [2.05, 4.69) is 10.4 Å². The van der Waals surface area contributed by atoms with Gasteiger partial charge in [0.1, 0.15) is 5.75 Å². The van der Waals surface area contributed by atoms with E-state index in [4.69, 9.17) is 3.07 Å². The van der Waals surface area contributed by atoms with E-state index in [0.717, 1.165) is 17.0 Å². The van der Waals surface area contributed by atoms with Crippen molar-refractivity contribution in [2.24, 2.45) is 7.05 Å². The Morgan fingerprint density at radius 3 is 2.63 bits per heavy atom. The van der Waals surface area contributed by atoms with Crippen LogP contribution in [0, 0.1) is 6.92 Å². The summed E-state index contributed by atoms with van der Waals surface area (Å²) in [7, 11) is 1.86. The highest BCUT2D eigenvalue weighted by Gasteiger charge is 2.08. The summed E-state index contributed by atoms with van der Waals surface area (Å²) in [5.41, 5.74) is 2.55. The predicted molar refractivity (Wildman–Crippen MR) is 80.2 cm³/mol. The van der Waals surface area contributed by atoms with E-state index in [1.54, 1.807) is 52.0 Å². The van der Waals surface area contributed by atoms with Gasteiger partial charge in [0.05, 0.1) is 5.69 Å². The standard InChI is InChI=1S/C13H14IN3O2/c1-9-11(8-17(2)16-9)7-15-13(18)10-3-5-12(19-14)6-4-10/h3-6,8H,7H2,1-2H3,(H,15,18). The first-order chi connectivity index (χ1) is 9.10. The van der Waals surface area contributed by atoms with E-state index in [-0.39, 0.29) is 5.91 Å². The third-order valence-electron chi connectivity index (χ3n) is 2.76. The maximum atomic E-state index is 12.0. The number of carbonyl (C=O) groups is 1. The van der Waals surface area contributed by atoms with Crippen LogP contribution >= 0.6 is 23.0 Å². The molecule has 0 saturated carbocycles. The Bertz CT molecular complexity index is 578. The maximum Gasteiger partial charge on any atom is 0.251 e. The molecule has 1 heterocycles. The van der Waals surface area contributed by atoms with Gasteiger partial charge in [-0.1, -0.05) is 0 Å². The second-order valence-corrected chi connectivity index (χ2v) is 4.64. The minimum atomic E-state index is -0.108. The van der Waals surface area contributed by atoms with Crippen molar-refractivity contribution in [1.82, 2.24) is 15.1 Å². The molecule has 0 radical (unpaired) electrons. The summed E-state index contributed by atoms with van der Waals surface area (Å²) < 4.78 is 6.76. The third kappa shape index (κ3) is 3.46. The molecule has 1 N–H and O–H groups in total. The van der Waals surface area contributed by atoms with Crippen molar-refractivity contribution in [1.29, 1.82) is 0 Å². The highest BCUT2D eigenvalue weighted by molar-refractivity contribution is 14.1. The van der Waals surface area contributed by atoms with Gasteiger partial charge in [-0.25, -0.2) is 0 Å². The maximum absolute atomic E-state index is 12.0. The summed E-state index contributed by atoms with van der Waals surface area (Å²) >= 11 is 1.80. The van der Waals surface area contributed by atoms with Crippen molar-refractivity contribution in [2.45, 2.75) is 13.5 Å². The molecular formula is C13H14IN3O2. The molecule has 6 heteroatoms. The number of nitrogens with zero attached hydrogens (tertiary/aromatic N) is 2. The van der Waals surface area contributed by atoms with Gasteiger partial charge in [-0.15, -0.1) is 0 Å². The van der Waals surface area contributed by atoms with Crippen LogP contribution < -0.4 is 8.38 Å².